The largest absolute Gasteiger partial charge is 1.00 e. The van der Waals surface area contributed by atoms with Crippen molar-refractivity contribution in [2.75, 3.05) is 0 Å². The minimum Gasteiger partial charge on any atom is -1.00 e. The van der Waals surface area contributed by atoms with Gasteiger partial charge in [0.15, 0.2) is 0 Å². The first-order valence-electron chi connectivity index (χ1n) is 4.99. The van der Waals surface area contributed by atoms with Crippen LogP contribution in [0.3, 0.4) is 0 Å². The van der Waals surface area contributed by atoms with Gasteiger partial charge in [-0.15, -0.1) is 0 Å². The fraction of sp³-hybridized carbons (Fsp3) is 0.615. The SMILES string of the molecule is CC(C)(C)c1cc[c-](C(C)(C)C)c1.[Cl-].[Cl-].[Hf]. The van der Waals surface area contributed by atoms with Gasteiger partial charge in [0.1, 0.15) is 0 Å². The van der Waals surface area contributed by atoms with Gasteiger partial charge < -0.3 is 24.8 Å². The molecule has 0 saturated carbocycles. The molecule has 0 heterocycles. The van der Waals surface area contributed by atoms with Crippen molar-refractivity contribution in [3.05, 3.63) is 29.3 Å². The Hall–Kier alpha value is 0.800. The van der Waals surface area contributed by atoms with Gasteiger partial charge in [-0.2, -0.15) is 23.3 Å². The van der Waals surface area contributed by atoms with Crippen molar-refractivity contribution in [1.82, 2.24) is 0 Å². The third-order valence-electron chi connectivity index (χ3n) is 2.49. The number of hydrogen-bond donors (Lipinski definition) is 0. The van der Waals surface area contributed by atoms with Gasteiger partial charge in [-0.25, -0.2) is 6.07 Å². The summed E-state index contributed by atoms with van der Waals surface area (Å²) in [4.78, 5) is 0. The van der Waals surface area contributed by atoms with Gasteiger partial charge in [0, 0.05) is 25.8 Å². The van der Waals surface area contributed by atoms with Crippen LogP contribution in [0, 0.1) is 0 Å². The Balaban J connectivity index is -0.000000563. The Labute approximate surface area is 132 Å². The molecule has 0 fully saturated rings. The van der Waals surface area contributed by atoms with Crippen LogP contribution in [0.5, 0.6) is 0 Å². The molecule has 0 aliphatic heterocycles. The zero-order chi connectivity index (χ0) is 10.3. The number of halogens is 2. The first-order chi connectivity index (χ1) is 5.71. The van der Waals surface area contributed by atoms with E-state index >= 15 is 0 Å². The van der Waals surface area contributed by atoms with Crippen LogP contribution in [-0.4, -0.2) is 0 Å². The predicted molar refractivity (Wildman–Crippen MR) is 59.4 cm³/mol. The maximum absolute atomic E-state index is 2.33. The fourth-order valence-corrected chi connectivity index (χ4v) is 1.38. The van der Waals surface area contributed by atoms with E-state index < -0.39 is 0 Å². The van der Waals surface area contributed by atoms with Crippen LogP contribution >= 0.6 is 0 Å². The van der Waals surface area contributed by atoms with E-state index in [-0.39, 0.29) is 61.5 Å². The molecule has 0 N–H and O–H groups in total. The zero-order valence-corrected chi connectivity index (χ0v) is 16.1. The molecule has 94 valence electrons. The molecule has 0 spiro atoms. The maximum atomic E-state index is 2.33. The molecular formula is C13H21Cl2Hf-3. The van der Waals surface area contributed by atoms with Gasteiger partial charge in [-0.3, -0.25) is 0 Å². The summed E-state index contributed by atoms with van der Waals surface area (Å²) < 4.78 is 0. The van der Waals surface area contributed by atoms with Crippen LogP contribution in [0.1, 0.15) is 52.7 Å². The van der Waals surface area contributed by atoms with Crippen LogP contribution in [0.4, 0.5) is 0 Å². The Morgan fingerprint density at radius 1 is 0.938 bits per heavy atom. The standard InChI is InChI=1S/C13H21.2ClH.Hf/c1-12(2,3)10-7-8-11(9-10)13(4,5)6;;;/h7-9H,1-6H3;2*1H;/q-1;;;/p-2. The second-order valence-corrected chi connectivity index (χ2v) is 5.89. The first kappa shape index (κ1) is 22.0. The summed E-state index contributed by atoms with van der Waals surface area (Å²) >= 11 is 0. The molecule has 0 bridgehead atoms. The van der Waals surface area contributed by atoms with Crippen molar-refractivity contribution in [3.8, 4) is 0 Å². The molecule has 1 aromatic carbocycles. The summed E-state index contributed by atoms with van der Waals surface area (Å²) in [7, 11) is 0. The molecule has 0 amide bonds. The van der Waals surface area contributed by atoms with Crippen LogP contribution in [0.15, 0.2) is 18.2 Å². The van der Waals surface area contributed by atoms with Crippen molar-refractivity contribution >= 4 is 0 Å². The third kappa shape index (κ3) is 5.93. The van der Waals surface area contributed by atoms with E-state index in [1.165, 1.54) is 11.1 Å². The topological polar surface area (TPSA) is 0 Å². The summed E-state index contributed by atoms with van der Waals surface area (Å²) in [6, 6.07) is 6.83. The minimum atomic E-state index is 0. The molecule has 0 saturated heterocycles. The Kier molecular flexibility index (Phi) is 10.0. The van der Waals surface area contributed by atoms with Crippen LogP contribution < -0.4 is 24.8 Å². The molecule has 0 atom stereocenters. The molecule has 1 aromatic rings. The van der Waals surface area contributed by atoms with E-state index in [1.807, 2.05) is 0 Å². The van der Waals surface area contributed by atoms with Gasteiger partial charge in [-0.1, -0.05) is 52.4 Å². The van der Waals surface area contributed by atoms with E-state index in [0.717, 1.165) is 0 Å². The van der Waals surface area contributed by atoms with Crippen molar-refractivity contribution in [2.45, 2.75) is 52.4 Å². The Bertz CT molecular complexity index is 261. The van der Waals surface area contributed by atoms with E-state index in [0.29, 0.717) is 0 Å². The quantitative estimate of drug-likeness (QED) is 0.333. The smallest absolute Gasteiger partial charge is 0 e. The van der Waals surface area contributed by atoms with Crippen molar-refractivity contribution < 1.29 is 50.7 Å². The molecule has 0 aromatic heterocycles. The van der Waals surface area contributed by atoms with E-state index in [9.17, 15) is 0 Å². The van der Waals surface area contributed by atoms with Gasteiger partial charge in [-0.05, 0) is 0 Å². The molecule has 3 heteroatoms. The normalized spacial score (nSPS) is 10.9. The third-order valence-corrected chi connectivity index (χ3v) is 2.49. The summed E-state index contributed by atoms with van der Waals surface area (Å²) in [6.45, 7) is 13.6. The molecule has 0 unspecified atom stereocenters. The molecule has 16 heavy (non-hydrogen) atoms. The predicted octanol–water partition coefficient (Wildman–Crippen LogP) is -1.99. The Morgan fingerprint density at radius 3 is 1.56 bits per heavy atom. The number of rotatable bonds is 0. The summed E-state index contributed by atoms with van der Waals surface area (Å²) in [6.07, 6.45) is 0. The monoisotopic (exact) mass is 427 g/mol. The average molecular weight is 427 g/mol. The van der Waals surface area contributed by atoms with Gasteiger partial charge in [0.05, 0.1) is 0 Å². The first-order valence-corrected chi connectivity index (χ1v) is 4.99. The van der Waals surface area contributed by atoms with E-state index in [1.54, 1.807) is 0 Å². The second kappa shape index (κ2) is 7.28. The maximum Gasteiger partial charge on any atom is 0 e. The average Bonchev–Trinajstić information content (AvgIpc) is 2.28. The molecular weight excluding hydrogens is 406 g/mol. The van der Waals surface area contributed by atoms with Crippen LogP contribution in [0.2, 0.25) is 0 Å². The van der Waals surface area contributed by atoms with E-state index in [2.05, 4.69) is 59.7 Å². The minimum absolute atomic E-state index is 0. The molecule has 1 rings (SSSR count). The Morgan fingerprint density at radius 2 is 1.38 bits per heavy atom. The van der Waals surface area contributed by atoms with Gasteiger partial charge in [0.25, 0.3) is 0 Å². The zero-order valence-electron chi connectivity index (χ0n) is 11.0. The summed E-state index contributed by atoms with van der Waals surface area (Å²) in [5, 5.41) is 0. The van der Waals surface area contributed by atoms with Gasteiger partial charge >= 0.3 is 0 Å². The van der Waals surface area contributed by atoms with Crippen molar-refractivity contribution in [1.29, 1.82) is 0 Å². The van der Waals surface area contributed by atoms with Crippen LogP contribution in [-0.2, 0) is 36.7 Å². The number of hydrogen-bond acceptors (Lipinski definition) is 0. The van der Waals surface area contributed by atoms with Crippen molar-refractivity contribution in [3.63, 3.8) is 0 Å². The molecule has 0 aliphatic rings. The summed E-state index contributed by atoms with van der Waals surface area (Å²) in [5.74, 6) is 0. The van der Waals surface area contributed by atoms with Gasteiger partial charge in [0.2, 0.25) is 0 Å². The molecule has 0 nitrogen and oxygen atoms in total. The van der Waals surface area contributed by atoms with E-state index in [4.69, 9.17) is 0 Å². The van der Waals surface area contributed by atoms with Crippen LogP contribution in [0.25, 0.3) is 0 Å². The molecule has 0 radical (unpaired) electrons. The second-order valence-electron chi connectivity index (χ2n) is 5.89. The van der Waals surface area contributed by atoms with Crippen molar-refractivity contribution in [2.24, 2.45) is 0 Å². The fourth-order valence-electron chi connectivity index (χ4n) is 1.38. The molecule has 0 aliphatic carbocycles. The summed E-state index contributed by atoms with van der Waals surface area (Å²) in [5.41, 5.74) is 3.45.